The van der Waals surface area contributed by atoms with Crippen molar-refractivity contribution >= 4 is 11.8 Å². The van der Waals surface area contributed by atoms with E-state index < -0.39 is 17.1 Å². The number of halogens is 2. The smallest absolute Gasteiger partial charge is 0.253 e. The molecular weight excluding hydrogens is 366 g/mol. The maximum Gasteiger partial charge on any atom is 0.253 e. The van der Waals surface area contributed by atoms with Crippen molar-refractivity contribution < 1.29 is 23.1 Å². The number of nitrogens with two attached hydrogens (primary N) is 1. The number of piperidine rings is 1. The first-order valence-electron chi connectivity index (χ1n) is 9.08. The van der Waals surface area contributed by atoms with Gasteiger partial charge in [0.1, 0.15) is 17.4 Å². The standard InChI is InChI=1S/C21H22F2N2O3/c22-16-4-2-15(3-5-16)20(27)25-11-1-10-21(13-25,12-19(24)26)14-28-18-8-6-17(23)7-9-18/h2-9H,1,10-14H2,(H2,24,26)/t21-/m0/s1. The Balaban J connectivity index is 1.75. The lowest BCUT2D eigenvalue weighted by atomic mass is 9.77. The highest BCUT2D eigenvalue weighted by Crippen LogP contribution is 2.35. The fourth-order valence-electron chi connectivity index (χ4n) is 3.61. The molecule has 1 aliphatic heterocycles. The molecule has 28 heavy (non-hydrogen) atoms. The fourth-order valence-corrected chi connectivity index (χ4v) is 3.61. The SMILES string of the molecule is NC(=O)C[C@@]1(COc2ccc(F)cc2)CCCN(C(=O)c2ccc(F)cc2)C1. The van der Waals surface area contributed by atoms with Crippen molar-refractivity contribution in [3.05, 3.63) is 65.7 Å². The molecule has 0 aliphatic carbocycles. The van der Waals surface area contributed by atoms with Crippen LogP contribution >= 0.6 is 0 Å². The first-order chi connectivity index (χ1) is 13.4. The van der Waals surface area contributed by atoms with Gasteiger partial charge in [-0.25, -0.2) is 8.78 Å². The minimum absolute atomic E-state index is 0.0708. The van der Waals surface area contributed by atoms with Gasteiger partial charge in [-0.2, -0.15) is 0 Å². The minimum atomic E-state index is -0.631. The maximum atomic E-state index is 13.1. The van der Waals surface area contributed by atoms with E-state index in [2.05, 4.69) is 0 Å². The van der Waals surface area contributed by atoms with Gasteiger partial charge in [-0.05, 0) is 61.4 Å². The van der Waals surface area contributed by atoms with E-state index in [0.717, 1.165) is 0 Å². The van der Waals surface area contributed by atoms with Crippen molar-refractivity contribution in [2.24, 2.45) is 11.1 Å². The summed E-state index contributed by atoms with van der Waals surface area (Å²) in [6.45, 7) is 1.01. The Morgan fingerprint density at radius 1 is 1.04 bits per heavy atom. The molecule has 2 amide bonds. The second kappa shape index (κ2) is 8.37. The van der Waals surface area contributed by atoms with Gasteiger partial charge in [-0.3, -0.25) is 9.59 Å². The third-order valence-corrected chi connectivity index (χ3v) is 4.95. The summed E-state index contributed by atoms with van der Waals surface area (Å²) in [7, 11) is 0. The fraction of sp³-hybridized carbons (Fsp3) is 0.333. The van der Waals surface area contributed by atoms with E-state index >= 15 is 0 Å². The van der Waals surface area contributed by atoms with Gasteiger partial charge in [0.05, 0.1) is 6.61 Å². The molecule has 7 heteroatoms. The molecule has 1 aliphatic rings. The summed E-state index contributed by atoms with van der Waals surface area (Å²) < 4.78 is 32.0. The zero-order valence-electron chi connectivity index (χ0n) is 15.4. The molecule has 0 spiro atoms. The van der Waals surface area contributed by atoms with E-state index in [1.54, 1.807) is 4.90 Å². The molecule has 1 saturated heterocycles. The number of hydrogen-bond donors (Lipinski definition) is 1. The molecule has 0 aromatic heterocycles. The van der Waals surface area contributed by atoms with Crippen LogP contribution in [-0.4, -0.2) is 36.4 Å². The van der Waals surface area contributed by atoms with Gasteiger partial charge >= 0.3 is 0 Å². The third-order valence-electron chi connectivity index (χ3n) is 4.95. The van der Waals surface area contributed by atoms with Crippen LogP contribution in [0, 0.1) is 17.0 Å². The second-order valence-electron chi connectivity index (χ2n) is 7.22. The predicted molar refractivity (Wildman–Crippen MR) is 99.7 cm³/mol. The molecule has 2 aromatic carbocycles. The summed E-state index contributed by atoms with van der Waals surface area (Å²) in [5, 5.41) is 0. The minimum Gasteiger partial charge on any atom is -0.493 e. The monoisotopic (exact) mass is 388 g/mol. The first-order valence-corrected chi connectivity index (χ1v) is 9.08. The van der Waals surface area contributed by atoms with E-state index in [4.69, 9.17) is 10.5 Å². The maximum absolute atomic E-state index is 13.1. The van der Waals surface area contributed by atoms with E-state index in [1.807, 2.05) is 0 Å². The molecule has 1 heterocycles. The Morgan fingerprint density at radius 3 is 2.25 bits per heavy atom. The van der Waals surface area contributed by atoms with Crippen LogP contribution in [0.4, 0.5) is 8.78 Å². The number of carbonyl (C=O) groups excluding carboxylic acids is 2. The van der Waals surface area contributed by atoms with Gasteiger partial charge in [-0.1, -0.05) is 0 Å². The number of hydrogen-bond acceptors (Lipinski definition) is 3. The Kier molecular flexibility index (Phi) is 5.92. The molecule has 0 bridgehead atoms. The molecule has 1 fully saturated rings. The van der Waals surface area contributed by atoms with Crippen molar-refractivity contribution in [3.8, 4) is 5.75 Å². The number of carbonyl (C=O) groups is 2. The van der Waals surface area contributed by atoms with Gasteiger partial charge in [0.15, 0.2) is 0 Å². The van der Waals surface area contributed by atoms with E-state index in [9.17, 15) is 18.4 Å². The van der Waals surface area contributed by atoms with Crippen LogP contribution < -0.4 is 10.5 Å². The van der Waals surface area contributed by atoms with Crippen LogP contribution in [0.2, 0.25) is 0 Å². The molecule has 2 aromatic rings. The van der Waals surface area contributed by atoms with Gasteiger partial charge < -0.3 is 15.4 Å². The predicted octanol–water partition coefficient (Wildman–Crippen LogP) is 3.14. The number of ether oxygens (including phenoxy) is 1. The highest BCUT2D eigenvalue weighted by Gasteiger charge is 2.39. The largest absolute Gasteiger partial charge is 0.493 e. The van der Waals surface area contributed by atoms with Gasteiger partial charge in [-0.15, -0.1) is 0 Å². The second-order valence-corrected chi connectivity index (χ2v) is 7.22. The lowest BCUT2D eigenvalue weighted by Crippen LogP contribution is -2.50. The Morgan fingerprint density at radius 2 is 1.64 bits per heavy atom. The number of likely N-dealkylation sites (tertiary alicyclic amines) is 1. The molecular formula is C21H22F2N2O3. The van der Waals surface area contributed by atoms with Crippen molar-refractivity contribution in [3.63, 3.8) is 0 Å². The number of benzene rings is 2. The van der Waals surface area contributed by atoms with Gasteiger partial charge in [0.25, 0.3) is 5.91 Å². The molecule has 2 N–H and O–H groups in total. The summed E-state index contributed by atoms with van der Waals surface area (Å²) >= 11 is 0. The zero-order chi connectivity index (χ0) is 20.1. The van der Waals surface area contributed by atoms with Crippen molar-refractivity contribution in [2.75, 3.05) is 19.7 Å². The summed E-state index contributed by atoms with van der Waals surface area (Å²) in [6, 6.07) is 11.0. The topological polar surface area (TPSA) is 72.6 Å². The first kappa shape index (κ1) is 19.8. The van der Waals surface area contributed by atoms with Gasteiger partial charge in [0, 0.05) is 30.5 Å². The lowest BCUT2D eigenvalue weighted by molar-refractivity contribution is -0.122. The lowest BCUT2D eigenvalue weighted by Gasteiger charge is -2.42. The van der Waals surface area contributed by atoms with E-state index in [0.29, 0.717) is 37.2 Å². The Labute approximate surface area is 162 Å². The van der Waals surface area contributed by atoms with Crippen molar-refractivity contribution in [1.82, 2.24) is 4.90 Å². The Bertz CT molecular complexity index is 840. The van der Waals surface area contributed by atoms with E-state index in [-0.39, 0.29) is 24.8 Å². The summed E-state index contributed by atoms with van der Waals surface area (Å²) in [5.41, 5.74) is 5.21. The number of primary amides is 1. The zero-order valence-corrected chi connectivity index (χ0v) is 15.4. The molecule has 3 rings (SSSR count). The number of amides is 2. The third kappa shape index (κ3) is 4.85. The number of nitrogens with zero attached hydrogens (tertiary/aromatic N) is 1. The number of rotatable bonds is 6. The quantitative estimate of drug-likeness (QED) is 0.826. The van der Waals surface area contributed by atoms with E-state index in [1.165, 1.54) is 48.5 Å². The van der Waals surface area contributed by atoms with Crippen LogP contribution in [0.1, 0.15) is 29.6 Å². The van der Waals surface area contributed by atoms with Crippen molar-refractivity contribution in [2.45, 2.75) is 19.3 Å². The molecule has 0 unspecified atom stereocenters. The normalized spacial score (nSPS) is 19.3. The molecule has 0 saturated carbocycles. The van der Waals surface area contributed by atoms with Crippen LogP contribution in [0.15, 0.2) is 48.5 Å². The molecule has 148 valence electrons. The van der Waals surface area contributed by atoms with Crippen LogP contribution in [0.5, 0.6) is 5.75 Å². The summed E-state index contributed by atoms with van der Waals surface area (Å²) in [6.07, 6.45) is 1.43. The summed E-state index contributed by atoms with van der Waals surface area (Å²) in [4.78, 5) is 26.1. The van der Waals surface area contributed by atoms with Crippen LogP contribution in [-0.2, 0) is 4.79 Å². The van der Waals surface area contributed by atoms with Crippen LogP contribution in [0.25, 0.3) is 0 Å². The highest BCUT2D eigenvalue weighted by molar-refractivity contribution is 5.94. The molecule has 5 nitrogen and oxygen atoms in total. The van der Waals surface area contributed by atoms with Crippen LogP contribution in [0.3, 0.4) is 0 Å². The highest BCUT2D eigenvalue weighted by atomic mass is 19.1. The van der Waals surface area contributed by atoms with Gasteiger partial charge in [0.2, 0.25) is 5.91 Å². The van der Waals surface area contributed by atoms with Crippen molar-refractivity contribution in [1.29, 1.82) is 0 Å². The average Bonchev–Trinajstić information content (AvgIpc) is 2.67. The summed E-state index contributed by atoms with van der Waals surface area (Å²) in [5.74, 6) is -1.000. The average molecular weight is 388 g/mol. The Hall–Kier alpha value is -2.96. The molecule has 1 atom stereocenters. The molecule has 0 radical (unpaired) electrons.